The minimum Gasteiger partial charge on any atom is -0.0969 e. The highest BCUT2D eigenvalue weighted by Crippen LogP contribution is 2.51. The van der Waals surface area contributed by atoms with Crippen LogP contribution in [0, 0.1) is 0 Å². The van der Waals surface area contributed by atoms with Crippen LogP contribution in [0.25, 0.3) is 10.8 Å². The van der Waals surface area contributed by atoms with Crippen LogP contribution in [0.3, 0.4) is 0 Å². The number of hydrogen-bond acceptors (Lipinski definition) is 0. The summed E-state index contributed by atoms with van der Waals surface area (Å²) in [4.78, 5) is 0. The lowest BCUT2D eigenvalue weighted by atomic mass is 10.0. The van der Waals surface area contributed by atoms with E-state index in [1.807, 2.05) is 0 Å². The van der Waals surface area contributed by atoms with E-state index in [4.69, 9.17) is 0 Å². The average Bonchev–Trinajstić information content (AvgIpc) is 2.56. The van der Waals surface area contributed by atoms with E-state index in [2.05, 4.69) is 91.8 Å². The monoisotopic (exact) mass is 388 g/mol. The Kier molecular flexibility index (Phi) is 8.12. The van der Waals surface area contributed by atoms with Crippen LogP contribution in [0.15, 0.2) is 36.4 Å². The molecule has 0 N–H and O–H groups in total. The average molecular weight is 389 g/mol. The predicted octanol–water partition coefficient (Wildman–Crippen LogP) is 8.44. The van der Waals surface area contributed by atoms with Crippen LogP contribution >= 0.6 is 15.8 Å². The van der Waals surface area contributed by atoms with Gasteiger partial charge in [-0.2, -0.15) is 0 Å². The molecule has 0 heterocycles. The van der Waals surface area contributed by atoms with Crippen molar-refractivity contribution in [3.8, 4) is 0 Å². The predicted molar refractivity (Wildman–Crippen MR) is 126 cm³/mol. The van der Waals surface area contributed by atoms with E-state index < -0.39 is 0 Å². The molecule has 2 heteroatoms. The molecular weight excluding hydrogens is 350 g/mol. The Bertz CT molecular complexity index is 623. The largest absolute Gasteiger partial charge is 0.0969 e. The minimum atomic E-state index is 0.0290. The van der Waals surface area contributed by atoms with E-state index in [-0.39, 0.29) is 15.8 Å². The quantitative estimate of drug-likeness (QED) is 0.398. The van der Waals surface area contributed by atoms with E-state index >= 15 is 0 Å². The van der Waals surface area contributed by atoms with Crippen LogP contribution in [-0.2, 0) is 12.3 Å². The fourth-order valence-corrected chi connectivity index (χ4v) is 9.22. The molecule has 0 atom stereocenters. The topological polar surface area (TPSA) is 0 Å². The first-order chi connectivity index (χ1) is 12.2. The standard InChI is InChI=1S/C24H38P2/c1-17(2)25(18(3)4)15-21-11-9-14-24-22(12-10-13-23(21)24)16-26(19(5)6)20(7)8/h9-14,17-20H,15-16H2,1-8H3. The summed E-state index contributed by atoms with van der Waals surface area (Å²) in [6, 6.07) is 14.1. The molecule has 0 nitrogen and oxygen atoms in total. The molecule has 0 aliphatic rings. The van der Waals surface area contributed by atoms with Gasteiger partial charge in [-0.15, -0.1) is 0 Å². The van der Waals surface area contributed by atoms with Crippen LogP contribution in [0.5, 0.6) is 0 Å². The Morgan fingerprint density at radius 2 is 0.846 bits per heavy atom. The van der Waals surface area contributed by atoms with Gasteiger partial charge in [0.1, 0.15) is 0 Å². The molecule has 0 saturated carbocycles. The van der Waals surface area contributed by atoms with Gasteiger partial charge in [0.25, 0.3) is 0 Å². The van der Waals surface area contributed by atoms with Crippen molar-refractivity contribution >= 4 is 26.6 Å². The number of hydrogen-bond donors (Lipinski definition) is 0. The Morgan fingerprint density at radius 3 is 1.12 bits per heavy atom. The molecule has 0 bridgehead atoms. The fraction of sp³-hybridized carbons (Fsp3) is 0.583. The summed E-state index contributed by atoms with van der Waals surface area (Å²) < 4.78 is 0. The Balaban J connectivity index is 2.42. The second kappa shape index (κ2) is 9.66. The van der Waals surface area contributed by atoms with E-state index in [0.717, 1.165) is 22.6 Å². The van der Waals surface area contributed by atoms with Crippen molar-refractivity contribution in [3.05, 3.63) is 47.5 Å². The van der Waals surface area contributed by atoms with E-state index in [1.54, 1.807) is 11.1 Å². The number of rotatable bonds is 8. The van der Waals surface area contributed by atoms with Gasteiger partial charge in [-0.3, -0.25) is 0 Å². The lowest BCUT2D eigenvalue weighted by Crippen LogP contribution is -2.07. The minimum absolute atomic E-state index is 0.0290. The van der Waals surface area contributed by atoms with E-state index in [9.17, 15) is 0 Å². The SMILES string of the molecule is CC(C)P(Cc1cccc2c(CP(C(C)C)C(C)C)cccc12)C(C)C. The molecule has 26 heavy (non-hydrogen) atoms. The third-order valence-electron chi connectivity index (χ3n) is 5.46. The van der Waals surface area contributed by atoms with Gasteiger partial charge in [-0.1, -0.05) is 108 Å². The summed E-state index contributed by atoms with van der Waals surface area (Å²) >= 11 is 0. The number of benzene rings is 2. The van der Waals surface area contributed by atoms with Crippen molar-refractivity contribution in [3.63, 3.8) is 0 Å². The Labute approximate surface area is 164 Å². The van der Waals surface area contributed by atoms with Crippen molar-refractivity contribution in [1.29, 1.82) is 0 Å². The van der Waals surface area contributed by atoms with Crippen LogP contribution in [0.4, 0.5) is 0 Å². The van der Waals surface area contributed by atoms with Gasteiger partial charge in [0.2, 0.25) is 0 Å². The maximum Gasteiger partial charge on any atom is -0.00623 e. The molecular formula is C24H38P2. The third-order valence-corrected chi connectivity index (χ3v) is 12.2. The summed E-state index contributed by atoms with van der Waals surface area (Å²) in [5, 5.41) is 3.00. The normalized spacial score (nSPS) is 12.7. The molecule has 0 aliphatic heterocycles. The smallest absolute Gasteiger partial charge is 0.00623 e. The third kappa shape index (κ3) is 5.30. The van der Waals surface area contributed by atoms with Crippen molar-refractivity contribution in [1.82, 2.24) is 0 Å². The summed E-state index contributed by atoms with van der Waals surface area (Å²) in [5.41, 5.74) is 6.29. The lowest BCUT2D eigenvalue weighted by molar-refractivity contribution is 0.996. The first-order valence-electron chi connectivity index (χ1n) is 10.2. The molecule has 0 radical (unpaired) electrons. The van der Waals surface area contributed by atoms with Crippen LogP contribution < -0.4 is 0 Å². The van der Waals surface area contributed by atoms with Gasteiger partial charge in [0.05, 0.1) is 0 Å². The highest BCUT2D eigenvalue weighted by Gasteiger charge is 2.20. The molecule has 2 aromatic carbocycles. The molecule has 0 fully saturated rings. The molecule has 0 aromatic heterocycles. The molecule has 0 amide bonds. The first kappa shape index (κ1) is 21.9. The second-order valence-electron chi connectivity index (χ2n) is 8.65. The van der Waals surface area contributed by atoms with Crippen LogP contribution in [0.1, 0.15) is 66.5 Å². The summed E-state index contributed by atoms with van der Waals surface area (Å²) in [6.07, 6.45) is 2.52. The maximum absolute atomic E-state index is 2.40. The van der Waals surface area contributed by atoms with Crippen LogP contribution in [0.2, 0.25) is 0 Å². The van der Waals surface area contributed by atoms with Crippen molar-refractivity contribution in [2.24, 2.45) is 0 Å². The Hall–Kier alpha value is -0.440. The highest BCUT2D eigenvalue weighted by molar-refractivity contribution is 7.58. The molecule has 0 spiro atoms. The van der Waals surface area contributed by atoms with E-state index in [1.165, 1.54) is 23.1 Å². The molecule has 2 rings (SSSR count). The fourth-order valence-electron chi connectivity index (χ4n) is 4.03. The van der Waals surface area contributed by atoms with Crippen LogP contribution in [-0.4, -0.2) is 22.6 Å². The highest BCUT2D eigenvalue weighted by atomic mass is 31.1. The molecule has 2 aromatic rings. The molecule has 144 valence electrons. The molecule has 0 saturated heterocycles. The van der Waals surface area contributed by atoms with Gasteiger partial charge in [0.15, 0.2) is 0 Å². The zero-order valence-corrected chi connectivity index (χ0v) is 19.9. The summed E-state index contributed by atoms with van der Waals surface area (Å²) in [6.45, 7) is 19.2. The summed E-state index contributed by atoms with van der Waals surface area (Å²) in [5.74, 6) is 0. The van der Waals surface area contributed by atoms with Crippen molar-refractivity contribution in [2.45, 2.75) is 90.3 Å². The van der Waals surface area contributed by atoms with Gasteiger partial charge >= 0.3 is 0 Å². The maximum atomic E-state index is 2.40. The zero-order valence-electron chi connectivity index (χ0n) is 18.1. The first-order valence-corrected chi connectivity index (χ1v) is 13.6. The van der Waals surface area contributed by atoms with Crippen molar-refractivity contribution < 1.29 is 0 Å². The van der Waals surface area contributed by atoms with Gasteiger partial charge in [0, 0.05) is 0 Å². The Morgan fingerprint density at radius 1 is 0.538 bits per heavy atom. The van der Waals surface area contributed by atoms with Gasteiger partial charge in [-0.25, -0.2) is 0 Å². The molecule has 0 aliphatic carbocycles. The van der Waals surface area contributed by atoms with E-state index in [0.29, 0.717) is 0 Å². The van der Waals surface area contributed by atoms with Gasteiger partial charge in [-0.05, 0) is 56.9 Å². The second-order valence-corrected chi connectivity index (χ2v) is 15.5. The summed E-state index contributed by atoms with van der Waals surface area (Å²) in [7, 11) is 0.0580. The lowest BCUT2D eigenvalue weighted by Gasteiger charge is -2.28. The molecule has 0 unspecified atom stereocenters. The zero-order chi connectivity index (χ0) is 19.4. The number of fused-ring (bicyclic) bond motifs is 1. The van der Waals surface area contributed by atoms with Gasteiger partial charge < -0.3 is 0 Å². The van der Waals surface area contributed by atoms with Crippen molar-refractivity contribution in [2.75, 3.05) is 0 Å².